The lowest BCUT2D eigenvalue weighted by Crippen LogP contribution is -1.90. The van der Waals surface area contributed by atoms with E-state index in [2.05, 4.69) is 3.07 Å². The summed E-state index contributed by atoms with van der Waals surface area (Å²) in [4.78, 5) is 0. The first kappa shape index (κ1) is 8.70. The van der Waals surface area contributed by atoms with Crippen molar-refractivity contribution in [3.63, 3.8) is 0 Å². The fraction of sp³-hybridized carbons (Fsp3) is 0.143. The lowest BCUT2D eigenvalue weighted by molar-refractivity contribution is 0.541. The van der Waals surface area contributed by atoms with Gasteiger partial charge in [-0.25, -0.2) is 8.78 Å². The van der Waals surface area contributed by atoms with Crippen molar-refractivity contribution in [2.24, 2.45) is 0 Å². The Morgan fingerprint density at radius 2 is 1.82 bits per heavy atom. The number of rotatable bonds is 1. The summed E-state index contributed by atoms with van der Waals surface area (Å²) in [6.45, 7) is 1.46. The van der Waals surface area contributed by atoms with Gasteiger partial charge in [-0.2, -0.15) is 0 Å². The molecule has 0 atom stereocenters. The van der Waals surface area contributed by atoms with Crippen LogP contribution in [0.25, 0.3) is 0 Å². The monoisotopic (exact) mass is 270 g/mol. The Kier molecular flexibility index (Phi) is 2.64. The van der Waals surface area contributed by atoms with Crippen LogP contribution in [0.5, 0.6) is 5.75 Å². The Balaban J connectivity index is 3.29. The first-order valence-electron chi connectivity index (χ1n) is 2.90. The van der Waals surface area contributed by atoms with Gasteiger partial charge in [-0.05, 0) is 19.1 Å². The van der Waals surface area contributed by atoms with Crippen molar-refractivity contribution in [3.05, 3.63) is 29.3 Å². The molecular formula is C7H5F2IO. The van der Waals surface area contributed by atoms with Crippen molar-refractivity contribution >= 4 is 23.0 Å². The minimum Gasteiger partial charge on any atom is -0.424 e. The molecule has 0 fully saturated rings. The Labute approximate surface area is 77.1 Å². The maximum absolute atomic E-state index is 12.7. The van der Waals surface area contributed by atoms with Gasteiger partial charge in [-0.15, -0.1) is 0 Å². The van der Waals surface area contributed by atoms with E-state index < -0.39 is 11.6 Å². The second-order valence-electron chi connectivity index (χ2n) is 2.06. The average Bonchev–Trinajstić information content (AvgIpc) is 1.99. The molecule has 60 valence electrons. The van der Waals surface area contributed by atoms with Crippen LogP contribution in [0.4, 0.5) is 8.78 Å². The molecule has 0 aliphatic carbocycles. The lowest BCUT2D eigenvalue weighted by atomic mass is 10.2. The minimum atomic E-state index is -0.543. The Bertz CT molecular complexity index is 275. The summed E-state index contributed by atoms with van der Waals surface area (Å²) < 4.78 is 30.0. The molecule has 4 heteroatoms. The molecule has 0 heterocycles. The van der Waals surface area contributed by atoms with Gasteiger partial charge in [0, 0.05) is 5.56 Å². The first-order valence-corrected chi connectivity index (χ1v) is 3.78. The van der Waals surface area contributed by atoms with Crippen molar-refractivity contribution in [1.82, 2.24) is 0 Å². The summed E-state index contributed by atoms with van der Waals surface area (Å²) in [5, 5.41) is 0. The third-order valence-corrected chi connectivity index (χ3v) is 1.81. The maximum atomic E-state index is 12.7. The molecule has 0 aliphatic rings. The predicted octanol–water partition coefficient (Wildman–Crippen LogP) is 3.00. The molecule has 0 saturated heterocycles. The Morgan fingerprint density at radius 3 is 2.27 bits per heavy atom. The van der Waals surface area contributed by atoms with Crippen LogP contribution < -0.4 is 3.07 Å². The van der Waals surface area contributed by atoms with Gasteiger partial charge in [-0.3, -0.25) is 0 Å². The smallest absolute Gasteiger partial charge is 0.192 e. The summed E-state index contributed by atoms with van der Waals surface area (Å²) in [6, 6.07) is 2.11. The van der Waals surface area contributed by atoms with Gasteiger partial charge in [0.15, 0.2) is 34.6 Å². The molecule has 1 nitrogen and oxygen atoms in total. The number of benzene rings is 1. The SMILES string of the molecule is Cc1c(F)ccc(F)c1OI. The zero-order valence-electron chi connectivity index (χ0n) is 5.70. The van der Waals surface area contributed by atoms with E-state index in [0.29, 0.717) is 0 Å². The highest BCUT2D eigenvalue weighted by molar-refractivity contribution is 14.1. The number of hydrogen-bond acceptors (Lipinski definition) is 1. The van der Waals surface area contributed by atoms with Crippen molar-refractivity contribution in [2.75, 3.05) is 0 Å². The summed E-state index contributed by atoms with van der Waals surface area (Å²) in [7, 11) is 0. The molecular weight excluding hydrogens is 265 g/mol. The van der Waals surface area contributed by atoms with E-state index in [1.807, 2.05) is 0 Å². The topological polar surface area (TPSA) is 9.23 Å². The van der Waals surface area contributed by atoms with Crippen molar-refractivity contribution in [3.8, 4) is 5.75 Å². The van der Waals surface area contributed by atoms with Gasteiger partial charge in [-0.1, -0.05) is 0 Å². The quantitative estimate of drug-likeness (QED) is 0.713. The molecule has 0 N–H and O–H groups in total. The van der Waals surface area contributed by atoms with Crippen LogP contribution in [0, 0.1) is 18.6 Å². The van der Waals surface area contributed by atoms with Gasteiger partial charge >= 0.3 is 0 Å². The molecule has 0 radical (unpaired) electrons. The molecule has 1 aromatic carbocycles. The first-order chi connectivity index (χ1) is 5.16. The average molecular weight is 270 g/mol. The largest absolute Gasteiger partial charge is 0.424 e. The Hall–Kier alpha value is -0.390. The zero-order chi connectivity index (χ0) is 8.43. The highest BCUT2D eigenvalue weighted by atomic mass is 127. The van der Waals surface area contributed by atoms with Crippen LogP contribution in [-0.2, 0) is 0 Å². The molecule has 1 rings (SSSR count). The molecule has 0 unspecified atom stereocenters. The summed E-state index contributed by atoms with van der Waals surface area (Å²) in [5.74, 6) is -1.04. The predicted molar refractivity (Wildman–Crippen MR) is 45.7 cm³/mol. The van der Waals surface area contributed by atoms with Gasteiger partial charge < -0.3 is 3.07 Å². The van der Waals surface area contributed by atoms with E-state index in [1.165, 1.54) is 29.9 Å². The van der Waals surface area contributed by atoms with Crippen LogP contribution >= 0.6 is 23.0 Å². The van der Waals surface area contributed by atoms with Crippen LogP contribution in [0.2, 0.25) is 0 Å². The normalized spacial score (nSPS) is 9.82. The zero-order valence-corrected chi connectivity index (χ0v) is 7.85. The second kappa shape index (κ2) is 3.34. The lowest BCUT2D eigenvalue weighted by Gasteiger charge is -2.03. The molecule has 0 saturated carbocycles. The van der Waals surface area contributed by atoms with Crippen molar-refractivity contribution < 1.29 is 11.8 Å². The van der Waals surface area contributed by atoms with E-state index in [0.717, 1.165) is 12.1 Å². The van der Waals surface area contributed by atoms with Gasteiger partial charge in [0.05, 0.1) is 0 Å². The highest BCUT2D eigenvalue weighted by Crippen LogP contribution is 2.25. The van der Waals surface area contributed by atoms with Crippen LogP contribution in [-0.4, -0.2) is 0 Å². The van der Waals surface area contributed by atoms with Crippen LogP contribution in [0.1, 0.15) is 5.56 Å². The second-order valence-corrected chi connectivity index (χ2v) is 2.50. The molecule has 11 heavy (non-hydrogen) atoms. The molecule has 0 aromatic heterocycles. The van der Waals surface area contributed by atoms with E-state index in [-0.39, 0.29) is 11.3 Å². The fourth-order valence-corrected chi connectivity index (χ4v) is 1.27. The van der Waals surface area contributed by atoms with Gasteiger partial charge in [0.25, 0.3) is 0 Å². The number of hydrogen-bond donors (Lipinski definition) is 0. The fourth-order valence-electron chi connectivity index (χ4n) is 0.729. The van der Waals surface area contributed by atoms with Crippen LogP contribution in [0.15, 0.2) is 12.1 Å². The van der Waals surface area contributed by atoms with E-state index in [1.54, 1.807) is 0 Å². The standard InChI is InChI=1S/C7H5F2IO/c1-4-5(8)2-3-6(9)7(4)11-10/h2-3H,1H3. The molecule has 0 aliphatic heterocycles. The van der Waals surface area contributed by atoms with Gasteiger partial charge in [0.2, 0.25) is 0 Å². The van der Waals surface area contributed by atoms with E-state index in [9.17, 15) is 8.78 Å². The third-order valence-electron chi connectivity index (χ3n) is 1.37. The van der Waals surface area contributed by atoms with Gasteiger partial charge in [0.1, 0.15) is 5.82 Å². The molecule has 0 spiro atoms. The maximum Gasteiger partial charge on any atom is 0.192 e. The van der Waals surface area contributed by atoms with E-state index in [4.69, 9.17) is 0 Å². The summed E-state index contributed by atoms with van der Waals surface area (Å²) in [6.07, 6.45) is 0. The summed E-state index contributed by atoms with van der Waals surface area (Å²) >= 11 is 1.51. The number of halogens is 3. The van der Waals surface area contributed by atoms with Crippen molar-refractivity contribution in [2.45, 2.75) is 6.92 Å². The molecule has 0 bridgehead atoms. The third kappa shape index (κ3) is 1.61. The van der Waals surface area contributed by atoms with E-state index >= 15 is 0 Å². The highest BCUT2D eigenvalue weighted by Gasteiger charge is 2.09. The molecule has 0 amide bonds. The van der Waals surface area contributed by atoms with Crippen molar-refractivity contribution in [1.29, 1.82) is 0 Å². The Morgan fingerprint density at radius 1 is 1.27 bits per heavy atom. The van der Waals surface area contributed by atoms with Crippen LogP contribution in [0.3, 0.4) is 0 Å². The summed E-state index contributed by atoms with van der Waals surface area (Å²) in [5.41, 5.74) is 0.194. The minimum absolute atomic E-state index is 0.0365. The molecule has 1 aromatic rings.